The molecule has 0 unspecified atom stereocenters. The molecule has 1 heterocycles. The van der Waals surface area contributed by atoms with Crippen LogP contribution in [-0.4, -0.2) is 66.5 Å². The quantitative estimate of drug-likeness (QED) is 0.784. The lowest BCUT2D eigenvalue weighted by atomic mass is 9.96. The van der Waals surface area contributed by atoms with Gasteiger partial charge in [0, 0.05) is 38.8 Å². The summed E-state index contributed by atoms with van der Waals surface area (Å²) in [6.45, 7) is 11.6. The zero-order valence-corrected chi connectivity index (χ0v) is 13.5. The Morgan fingerprint density at radius 2 is 1.63 bits per heavy atom. The van der Waals surface area contributed by atoms with Gasteiger partial charge in [-0.1, -0.05) is 0 Å². The van der Waals surface area contributed by atoms with Crippen molar-refractivity contribution in [2.24, 2.45) is 5.92 Å². The summed E-state index contributed by atoms with van der Waals surface area (Å²) < 4.78 is 0. The first-order valence-corrected chi connectivity index (χ1v) is 7.54. The molecule has 4 nitrogen and oxygen atoms in total. The number of hydrogen-bond acceptors (Lipinski definition) is 2. The molecule has 0 radical (unpaired) electrons. The van der Waals surface area contributed by atoms with Gasteiger partial charge in [0.1, 0.15) is 0 Å². The number of likely N-dealkylation sites (tertiary alicyclic amines) is 1. The first kappa shape index (κ1) is 16.3. The predicted molar refractivity (Wildman–Crippen MR) is 80.4 cm³/mol. The summed E-state index contributed by atoms with van der Waals surface area (Å²) in [6.07, 6.45) is 2.27. The summed E-state index contributed by atoms with van der Waals surface area (Å²) in [6, 6.07) is 1.06. The van der Waals surface area contributed by atoms with Crippen molar-refractivity contribution in [3.8, 4) is 0 Å². The molecule has 0 spiro atoms. The summed E-state index contributed by atoms with van der Waals surface area (Å²) in [5, 5.41) is 0. The molecule has 0 aromatic carbocycles. The number of rotatable bonds is 4. The fraction of sp³-hybridized carbons (Fsp3) is 0.933. The van der Waals surface area contributed by atoms with E-state index in [1.807, 2.05) is 16.8 Å². The van der Waals surface area contributed by atoms with Crippen LogP contribution in [0.25, 0.3) is 0 Å². The lowest BCUT2D eigenvalue weighted by Crippen LogP contribution is -2.48. The number of carbonyl (C=O) groups excluding carboxylic acids is 1. The molecule has 2 amide bonds. The van der Waals surface area contributed by atoms with Crippen molar-refractivity contribution in [2.45, 2.75) is 52.6 Å². The third kappa shape index (κ3) is 4.68. The van der Waals surface area contributed by atoms with Crippen LogP contribution in [0.3, 0.4) is 0 Å². The number of nitrogens with zero attached hydrogens (tertiary/aromatic N) is 3. The number of urea groups is 1. The second kappa shape index (κ2) is 7.13. The van der Waals surface area contributed by atoms with Crippen molar-refractivity contribution in [3.63, 3.8) is 0 Å². The molecule has 0 N–H and O–H groups in total. The van der Waals surface area contributed by atoms with E-state index in [4.69, 9.17) is 0 Å². The highest BCUT2D eigenvalue weighted by atomic mass is 16.2. The van der Waals surface area contributed by atoms with Gasteiger partial charge in [-0.15, -0.1) is 0 Å². The molecule has 0 aromatic rings. The van der Waals surface area contributed by atoms with E-state index in [1.165, 1.54) is 0 Å². The normalized spacial score (nSPS) is 17.6. The average molecular weight is 269 g/mol. The van der Waals surface area contributed by atoms with Crippen molar-refractivity contribution in [1.82, 2.24) is 14.7 Å². The van der Waals surface area contributed by atoms with Crippen LogP contribution in [0.5, 0.6) is 0 Å². The summed E-state index contributed by atoms with van der Waals surface area (Å²) in [5.41, 5.74) is 0. The standard InChI is InChI=1S/C15H31N3O/c1-12(2)16(5)11-14-7-9-18(10-8-14)15(19)17(6)13(3)4/h12-14H,7-11H2,1-6H3. The molecule has 1 rings (SSSR count). The van der Waals surface area contributed by atoms with Crippen molar-refractivity contribution < 1.29 is 4.79 Å². The Kier molecular flexibility index (Phi) is 6.11. The van der Waals surface area contributed by atoms with Gasteiger partial charge in [-0.05, 0) is 53.5 Å². The Balaban J connectivity index is 2.38. The van der Waals surface area contributed by atoms with E-state index in [-0.39, 0.29) is 12.1 Å². The first-order chi connectivity index (χ1) is 8.82. The minimum Gasteiger partial charge on any atom is -0.325 e. The van der Waals surface area contributed by atoms with Gasteiger partial charge in [0.25, 0.3) is 0 Å². The van der Waals surface area contributed by atoms with Crippen molar-refractivity contribution in [3.05, 3.63) is 0 Å². The second-order valence-electron chi connectivity index (χ2n) is 6.45. The molecule has 0 bridgehead atoms. The SMILES string of the molecule is CC(C)N(C)CC1CCN(C(=O)N(C)C(C)C)CC1. The Morgan fingerprint density at radius 1 is 1.11 bits per heavy atom. The third-order valence-electron chi connectivity index (χ3n) is 4.39. The van der Waals surface area contributed by atoms with Crippen LogP contribution in [0.2, 0.25) is 0 Å². The van der Waals surface area contributed by atoms with E-state index in [0.717, 1.165) is 38.4 Å². The Morgan fingerprint density at radius 3 is 2.05 bits per heavy atom. The molecule has 1 aliphatic heterocycles. The highest BCUT2D eigenvalue weighted by molar-refractivity contribution is 5.74. The molecule has 0 aromatic heterocycles. The maximum absolute atomic E-state index is 12.2. The number of amides is 2. The zero-order valence-electron chi connectivity index (χ0n) is 13.5. The van der Waals surface area contributed by atoms with Gasteiger partial charge in [-0.2, -0.15) is 0 Å². The molecule has 1 fully saturated rings. The zero-order chi connectivity index (χ0) is 14.6. The minimum absolute atomic E-state index is 0.186. The Bertz CT molecular complexity index is 283. The van der Waals surface area contributed by atoms with Gasteiger partial charge in [-0.3, -0.25) is 0 Å². The Hall–Kier alpha value is -0.770. The maximum Gasteiger partial charge on any atom is 0.319 e. The molecule has 1 saturated heterocycles. The van der Waals surface area contributed by atoms with E-state index < -0.39 is 0 Å². The predicted octanol–water partition coefficient (Wildman–Crippen LogP) is 2.50. The van der Waals surface area contributed by atoms with E-state index in [2.05, 4.69) is 39.6 Å². The van der Waals surface area contributed by atoms with E-state index >= 15 is 0 Å². The molecule has 0 atom stereocenters. The molecule has 0 aliphatic carbocycles. The average Bonchev–Trinajstić information content (AvgIpc) is 2.37. The van der Waals surface area contributed by atoms with Crippen LogP contribution in [0.1, 0.15) is 40.5 Å². The third-order valence-corrected chi connectivity index (χ3v) is 4.39. The van der Waals surface area contributed by atoms with Crippen molar-refractivity contribution in [1.29, 1.82) is 0 Å². The molecule has 4 heteroatoms. The highest BCUT2D eigenvalue weighted by Gasteiger charge is 2.26. The number of carbonyl (C=O) groups is 1. The van der Waals surface area contributed by atoms with Gasteiger partial charge < -0.3 is 14.7 Å². The maximum atomic E-state index is 12.2. The van der Waals surface area contributed by atoms with E-state index in [0.29, 0.717) is 6.04 Å². The first-order valence-electron chi connectivity index (χ1n) is 7.54. The fourth-order valence-corrected chi connectivity index (χ4v) is 2.37. The van der Waals surface area contributed by atoms with Crippen LogP contribution in [-0.2, 0) is 0 Å². The lowest BCUT2D eigenvalue weighted by Gasteiger charge is -2.37. The topological polar surface area (TPSA) is 26.8 Å². The van der Waals surface area contributed by atoms with E-state index in [9.17, 15) is 4.79 Å². The molecular weight excluding hydrogens is 238 g/mol. The van der Waals surface area contributed by atoms with Gasteiger partial charge in [-0.25, -0.2) is 4.79 Å². The largest absolute Gasteiger partial charge is 0.325 e. The van der Waals surface area contributed by atoms with Crippen molar-refractivity contribution in [2.75, 3.05) is 33.7 Å². The van der Waals surface area contributed by atoms with Crippen LogP contribution < -0.4 is 0 Å². The smallest absolute Gasteiger partial charge is 0.319 e. The van der Waals surface area contributed by atoms with Gasteiger partial charge >= 0.3 is 6.03 Å². The summed E-state index contributed by atoms with van der Waals surface area (Å²) >= 11 is 0. The summed E-state index contributed by atoms with van der Waals surface area (Å²) in [7, 11) is 4.08. The van der Waals surface area contributed by atoms with Crippen LogP contribution in [0.15, 0.2) is 0 Å². The number of hydrogen-bond donors (Lipinski definition) is 0. The Labute approximate surface area is 118 Å². The fourth-order valence-electron chi connectivity index (χ4n) is 2.37. The van der Waals surface area contributed by atoms with Gasteiger partial charge in [0.05, 0.1) is 0 Å². The van der Waals surface area contributed by atoms with Gasteiger partial charge in [0.2, 0.25) is 0 Å². The molecule has 19 heavy (non-hydrogen) atoms. The number of piperidine rings is 1. The second-order valence-corrected chi connectivity index (χ2v) is 6.45. The molecule has 1 aliphatic rings. The van der Waals surface area contributed by atoms with Crippen molar-refractivity contribution >= 4 is 6.03 Å². The molecule has 0 saturated carbocycles. The van der Waals surface area contributed by atoms with Crippen LogP contribution in [0.4, 0.5) is 4.79 Å². The monoisotopic (exact) mass is 269 g/mol. The van der Waals surface area contributed by atoms with Crippen LogP contribution >= 0.6 is 0 Å². The molecule has 112 valence electrons. The van der Waals surface area contributed by atoms with E-state index in [1.54, 1.807) is 0 Å². The lowest BCUT2D eigenvalue weighted by molar-refractivity contribution is 0.119. The highest BCUT2D eigenvalue weighted by Crippen LogP contribution is 2.20. The minimum atomic E-state index is 0.186. The molecular formula is C15H31N3O. The van der Waals surface area contributed by atoms with Crippen LogP contribution in [0, 0.1) is 5.92 Å². The summed E-state index contributed by atoms with van der Waals surface area (Å²) in [4.78, 5) is 18.5. The van der Waals surface area contributed by atoms with Gasteiger partial charge in [0.15, 0.2) is 0 Å². The summed E-state index contributed by atoms with van der Waals surface area (Å²) in [5.74, 6) is 0.737.